The van der Waals surface area contributed by atoms with E-state index in [0.717, 1.165) is 11.1 Å². The van der Waals surface area contributed by atoms with Crippen LogP contribution in [0, 0.1) is 0 Å². The van der Waals surface area contributed by atoms with Gasteiger partial charge in [-0.3, -0.25) is 4.79 Å². The standard InChI is InChI=1S/C19H21F3N2O2/c20-19(21,22)13-26-12-16-8-6-15(7-9-16)11-24-18(25)17(23)10-14-4-2-1-3-5-14/h1-9,17H,10-13,23H2,(H,24,25). The second-order valence-electron chi connectivity index (χ2n) is 5.94. The predicted octanol–water partition coefficient (Wildman–Crippen LogP) is 2.95. The minimum Gasteiger partial charge on any atom is -0.367 e. The van der Waals surface area contributed by atoms with Crippen LogP contribution in [0.3, 0.4) is 0 Å². The number of hydrogen-bond donors (Lipinski definition) is 2. The van der Waals surface area contributed by atoms with E-state index in [0.29, 0.717) is 18.5 Å². The third kappa shape index (κ3) is 7.25. The van der Waals surface area contributed by atoms with Gasteiger partial charge in [0.1, 0.15) is 6.61 Å². The van der Waals surface area contributed by atoms with E-state index in [1.54, 1.807) is 24.3 Å². The molecule has 2 aromatic carbocycles. The van der Waals surface area contributed by atoms with Gasteiger partial charge in [0.05, 0.1) is 12.6 Å². The Balaban J connectivity index is 1.75. The molecule has 0 bridgehead atoms. The van der Waals surface area contributed by atoms with Crippen LogP contribution < -0.4 is 11.1 Å². The zero-order chi connectivity index (χ0) is 19.0. The van der Waals surface area contributed by atoms with E-state index in [9.17, 15) is 18.0 Å². The van der Waals surface area contributed by atoms with E-state index in [4.69, 9.17) is 5.73 Å². The van der Waals surface area contributed by atoms with Crippen molar-refractivity contribution in [2.24, 2.45) is 5.73 Å². The molecule has 0 radical (unpaired) electrons. The Morgan fingerprint density at radius 2 is 1.62 bits per heavy atom. The fourth-order valence-electron chi connectivity index (χ4n) is 2.32. The Hall–Kier alpha value is -2.38. The van der Waals surface area contributed by atoms with Gasteiger partial charge >= 0.3 is 6.18 Å². The zero-order valence-electron chi connectivity index (χ0n) is 14.1. The summed E-state index contributed by atoms with van der Waals surface area (Å²) in [4.78, 5) is 12.1. The molecule has 1 unspecified atom stereocenters. The second-order valence-corrected chi connectivity index (χ2v) is 5.94. The molecule has 0 aliphatic rings. The highest BCUT2D eigenvalue weighted by Crippen LogP contribution is 2.15. The topological polar surface area (TPSA) is 64.4 Å². The van der Waals surface area contributed by atoms with Crippen molar-refractivity contribution >= 4 is 5.91 Å². The molecule has 7 heteroatoms. The second kappa shape index (κ2) is 9.35. The van der Waals surface area contributed by atoms with Gasteiger partial charge in [0.25, 0.3) is 0 Å². The number of rotatable bonds is 8. The van der Waals surface area contributed by atoms with Crippen molar-refractivity contribution < 1.29 is 22.7 Å². The number of alkyl halides is 3. The molecule has 1 atom stereocenters. The number of amides is 1. The lowest BCUT2D eigenvalue weighted by Gasteiger charge is -2.13. The molecule has 26 heavy (non-hydrogen) atoms. The molecule has 0 fully saturated rings. The fourth-order valence-corrected chi connectivity index (χ4v) is 2.32. The average Bonchev–Trinajstić information content (AvgIpc) is 2.60. The zero-order valence-corrected chi connectivity index (χ0v) is 14.1. The van der Waals surface area contributed by atoms with Crippen LogP contribution in [0.25, 0.3) is 0 Å². The van der Waals surface area contributed by atoms with E-state index in [1.807, 2.05) is 30.3 Å². The van der Waals surface area contributed by atoms with Crippen molar-refractivity contribution in [3.63, 3.8) is 0 Å². The number of hydrogen-bond acceptors (Lipinski definition) is 3. The van der Waals surface area contributed by atoms with Crippen molar-refractivity contribution in [3.8, 4) is 0 Å². The SMILES string of the molecule is NC(Cc1ccccc1)C(=O)NCc1ccc(COCC(F)(F)F)cc1. The van der Waals surface area contributed by atoms with Crippen LogP contribution in [0.4, 0.5) is 13.2 Å². The van der Waals surface area contributed by atoms with Gasteiger partial charge in [-0.2, -0.15) is 13.2 Å². The number of carbonyl (C=O) groups is 1. The van der Waals surface area contributed by atoms with Crippen molar-refractivity contribution in [2.45, 2.75) is 31.8 Å². The summed E-state index contributed by atoms with van der Waals surface area (Å²) in [6, 6.07) is 15.6. The summed E-state index contributed by atoms with van der Waals surface area (Å²) in [6.07, 6.45) is -3.88. The molecule has 0 aliphatic heterocycles. The van der Waals surface area contributed by atoms with Gasteiger partial charge in [0.15, 0.2) is 0 Å². The lowest BCUT2D eigenvalue weighted by molar-refractivity contribution is -0.176. The predicted molar refractivity (Wildman–Crippen MR) is 92.1 cm³/mol. The molecule has 2 rings (SSSR count). The molecule has 4 nitrogen and oxygen atoms in total. The summed E-state index contributed by atoms with van der Waals surface area (Å²) in [6.45, 7) is -1.09. The van der Waals surface area contributed by atoms with Crippen LogP contribution in [0.2, 0.25) is 0 Å². The molecule has 0 saturated carbocycles. The lowest BCUT2D eigenvalue weighted by Crippen LogP contribution is -2.41. The van der Waals surface area contributed by atoms with Crippen LogP contribution in [0.15, 0.2) is 54.6 Å². The first-order valence-electron chi connectivity index (χ1n) is 8.13. The molecular formula is C19H21F3N2O2. The summed E-state index contributed by atoms with van der Waals surface area (Å²) < 4.78 is 40.7. The maximum atomic E-state index is 12.1. The van der Waals surface area contributed by atoms with Gasteiger partial charge in [-0.15, -0.1) is 0 Å². The highest BCUT2D eigenvalue weighted by Gasteiger charge is 2.27. The Labute approximate surface area is 150 Å². The quantitative estimate of drug-likeness (QED) is 0.755. The summed E-state index contributed by atoms with van der Waals surface area (Å²) in [5.41, 5.74) is 8.35. The minimum absolute atomic E-state index is 0.117. The van der Waals surface area contributed by atoms with Crippen LogP contribution in [0.1, 0.15) is 16.7 Å². The first-order chi connectivity index (χ1) is 12.3. The summed E-state index contributed by atoms with van der Waals surface area (Å²) >= 11 is 0. The molecule has 3 N–H and O–H groups in total. The molecule has 2 aromatic rings. The molecular weight excluding hydrogens is 345 g/mol. The van der Waals surface area contributed by atoms with Crippen molar-refractivity contribution in [3.05, 3.63) is 71.3 Å². The monoisotopic (exact) mass is 366 g/mol. The Bertz CT molecular complexity index is 688. The van der Waals surface area contributed by atoms with Crippen molar-refractivity contribution in [2.75, 3.05) is 6.61 Å². The van der Waals surface area contributed by atoms with Gasteiger partial charge in [0, 0.05) is 6.54 Å². The van der Waals surface area contributed by atoms with E-state index in [1.165, 1.54) is 0 Å². The molecule has 1 amide bonds. The normalized spacial score (nSPS) is 12.6. The highest BCUT2D eigenvalue weighted by molar-refractivity contribution is 5.81. The molecule has 0 heterocycles. The fraction of sp³-hybridized carbons (Fsp3) is 0.316. The first-order valence-corrected chi connectivity index (χ1v) is 8.13. The van der Waals surface area contributed by atoms with Crippen molar-refractivity contribution in [1.82, 2.24) is 5.32 Å². The van der Waals surface area contributed by atoms with Crippen LogP contribution in [-0.4, -0.2) is 24.7 Å². The van der Waals surface area contributed by atoms with Gasteiger partial charge < -0.3 is 15.8 Å². The Morgan fingerprint density at radius 1 is 1.00 bits per heavy atom. The van der Waals surface area contributed by atoms with E-state index >= 15 is 0 Å². The number of nitrogens with two attached hydrogens (primary N) is 1. The third-order valence-corrected chi connectivity index (χ3v) is 3.66. The van der Waals surface area contributed by atoms with Gasteiger partial charge in [0.2, 0.25) is 5.91 Å². The van der Waals surface area contributed by atoms with Crippen LogP contribution in [-0.2, 0) is 29.1 Å². The summed E-state index contributed by atoms with van der Waals surface area (Å²) in [7, 11) is 0. The number of nitrogens with one attached hydrogen (secondary N) is 1. The Morgan fingerprint density at radius 3 is 2.23 bits per heavy atom. The minimum atomic E-state index is -4.33. The van der Waals surface area contributed by atoms with E-state index in [-0.39, 0.29) is 12.5 Å². The van der Waals surface area contributed by atoms with Gasteiger partial charge in [-0.05, 0) is 23.1 Å². The lowest BCUT2D eigenvalue weighted by atomic mass is 10.1. The number of halogens is 3. The largest absolute Gasteiger partial charge is 0.411 e. The summed E-state index contributed by atoms with van der Waals surface area (Å²) in [5.74, 6) is -0.258. The van der Waals surface area contributed by atoms with Crippen LogP contribution in [0.5, 0.6) is 0 Å². The highest BCUT2D eigenvalue weighted by atomic mass is 19.4. The Kier molecular flexibility index (Phi) is 7.17. The number of ether oxygens (including phenoxy) is 1. The molecule has 140 valence electrons. The number of carbonyl (C=O) groups excluding carboxylic acids is 1. The third-order valence-electron chi connectivity index (χ3n) is 3.66. The van der Waals surface area contributed by atoms with E-state index < -0.39 is 18.8 Å². The molecule has 0 saturated heterocycles. The smallest absolute Gasteiger partial charge is 0.367 e. The summed E-state index contributed by atoms with van der Waals surface area (Å²) in [5, 5.41) is 2.76. The molecule has 0 spiro atoms. The first kappa shape index (κ1) is 19.9. The maximum Gasteiger partial charge on any atom is 0.411 e. The van der Waals surface area contributed by atoms with Crippen molar-refractivity contribution in [1.29, 1.82) is 0 Å². The molecule has 0 aliphatic carbocycles. The van der Waals surface area contributed by atoms with E-state index in [2.05, 4.69) is 10.1 Å². The van der Waals surface area contributed by atoms with Crippen LogP contribution >= 0.6 is 0 Å². The molecule has 0 aromatic heterocycles. The van der Waals surface area contributed by atoms with Gasteiger partial charge in [-0.1, -0.05) is 54.6 Å². The van der Waals surface area contributed by atoms with Gasteiger partial charge in [-0.25, -0.2) is 0 Å². The number of benzene rings is 2. The average molecular weight is 366 g/mol. The maximum absolute atomic E-state index is 12.1.